The van der Waals surface area contributed by atoms with Crippen LogP contribution < -0.4 is 4.57 Å². The normalized spacial score (nSPS) is 11.7. The molecule has 0 fully saturated rings. The molecular formula is C20H13N6O+. The summed E-state index contributed by atoms with van der Waals surface area (Å²) in [5.74, 6) is 1.68. The molecular weight excluding hydrogens is 340 g/mol. The SMILES string of the molecule is c1cc2cc(-c3cc4cc(-[n+]5ccc6nc[nH]c6c5)[nH]c4cn3)oc2cn1. The number of aromatic amines is 2. The van der Waals surface area contributed by atoms with Gasteiger partial charge in [0.25, 0.3) is 5.82 Å². The van der Waals surface area contributed by atoms with Crippen molar-refractivity contribution in [3.05, 3.63) is 67.6 Å². The highest BCUT2D eigenvalue weighted by Crippen LogP contribution is 2.28. The molecule has 2 N–H and O–H groups in total. The summed E-state index contributed by atoms with van der Waals surface area (Å²) in [4.78, 5) is 19.4. The van der Waals surface area contributed by atoms with Gasteiger partial charge < -0.3 is 9.40 Å². The smallest absolute Gasteiger partial charge is 0.285 e. The summed E-state index contributed by atoms with van der Waals surface area (Å²) in [5.41, 5.74) is 4.42. The first-order chi connectivity index (χ1) is 13.3. The van der Waals surface area contributed by atoms with Gasteiger partial charge in [-0.15, -0.1) is 0 Å². The van der Waals surface area contributed by atoms with Crippen LogP contribution in [-0.2, 0) is 0 Å². The minimum absolute atomic E-state index is 0.731. The quantitative estimate of drug-likeness (QED) is 0.466. The van der Waals surface area contributed by atoms with E-state index in [2.05, 4.69) is 31.0 Å². The van der Waals surface area contributed by atoms with Crippen LogP contribution >= 0.6 is 0 Å². The van der Waals surface area contributed by atoms with E-state index in [9.17, 15) is 0 Å². The Labute approximate surface area is 152 Å². The second kappa shape index (κ2) is 5.25. The fraction of sp³-hybridized carbons (Fsp3) is 0. The molecule has 0 unspecified atom stereocenters. The zero-order valence-corrected chi connectivity index (χ0v) is 14.0. The van der Waals surface area contributed by atoms with Crippen molar-refractivity contribution >= 4 is 32.9 Å². The molecule has 0 amide bonds. The van der Waals surface area contributed by atoms with Crippen molar-refractivity contribution in [3.63, 3.8) is 0 Å². The molecule has 7 nitrogen and oxygen atoms in total. The van der Waals surface area contributed by atoms with Crippen LogP contribution in [0.25, 0.3) is 50.2 Å². The molecule has 6 rings (SSSR count). The van der Waals surface area contributed by atoms with Crippen LogP contribution in [0.3, 0.4) is 0 Å². The molecule has 6 aromatic heterocycles. The lowest BCUT2D eigenvalue weighted by Crippen LogP contribution is -2.29. The second-order valence-electron chi connectivity index (χ2n) is 6.39. The number of rotatable bonds is 2. The predicted molar refractivity (Wildman–Crippen MR) is 100 cm³/mol. The fourth-order valence-corrected chi connectivity index (χ4v) is 3.33. The van der Waals surface area contributed by atoms with E-state index in [4.69, 9.17) is 4.42 Å². The highest BCUT2D eigenvalue weighted by Gasteiger charge is 2.14. The zero-order chi connectivity index (χ0) is 17.8. The minimum atomic E-state index is 0.731. The topological polar surface area (TPSA) is 87.3 Å². The molecule has 0 aliphatic heterocycles. The van der Waals surface area contributed by atoms with Crippen LogP contribution in [0.5, 0.6) is 0 Å². The average molecular weight is 353 g/mol. The van der Waals surface area contributed by atoms with Gasteiger partial charge >= 0.3 is 0 Å². The Bertz CT molecular complexity index is 1410. The molecule has 0 radical (unpaired) electrons. The Balaban J connectivity index is 1.46. The maximum Gasteiger partial charge on any atom is 0.285 e. The average Bonchev–Trinajstić information content (AvgIpc) is 3.42. The molecule has 0 aliphatic carbocycles. The summed E-state index contributed by atoms with van der Waals surface area (Å²) in [6.45, 7) is 0. The van der Waals surface area contributed by atoms with Crippen LogP contribution in [0, 0.1) is 0 Å². The van der Waals surface area contributed by atoms with E-state index in [0.29, 0.717) is 0 Å². The number of furan rings is 1. The fourth-order valence-electron chi connectivity index (χ4n) is 3.33. The third-order valence-corrected chi connectivity index (χ3v) is 4.71. The highest BCUT2D eigenvalue weighted by atomic mass is 16.3. The van der Waals surface area contributed by atoms with E-state index in [0.717, 1.165) is 50.2 Å². The predicted octanol–water partition coefficient (Wildman–Crippen LogP) is 3.52. The number of H-pyrrole nitrogens is 2. The Hall–Kier alpha value is -4.00. The van der Waals surface area contributed by atoms with Crippen LogP contribution in [0.1, 0.15) is 0 Å². The molecule has 0 aromatic carbocycles. The second-order valence-corrected chi connectivity index (χ2v) is 6.39. The van der Waals surface area contributed by atoms with E-state index >= 15 is 0 Å². The van der Waals surface area contributed by atoms with Gasteiger partial charge in [0, 0.05) is 29.1 Å². The van der Waals surface area contributed by atoms with Crippen molar-refractivity contribution in [2.45, 2.75) is 0 Å². The van der Waals surface area contributed by atoms with Gasteiger partial charge in [0.15, 0.2) is 16.9 Å². The van der Waals surface area contributed by atoms with E-state index in [1.165, 1.54) is 0 Å². The number of nitrogens with zero attached hydrogens (tertiary/aromatic N) is 4. The highest BCUT2D eigenvalue weighted by molar-refractivity contribution is 5.86. The van der Waals surface area contributed by atoms with Gasteiger partial charge in [-0.05, 0) is 18.2 Å². The maximum absolute atomic E-state index is 5.88. The molecule has 0 bridgehead atoms. The molecule has 0 aliphatic rings. The Morgan fingerprint density at radius 1 is 0.963 bits per heavy atom. The first-order valence-electron chi connectivity index (χ1n) is 8.51. The first-order valence-corrected chi connectivity index (χ1v) is 8.51. The largest absolute Gasteiger partial charge is 0.453 e. The van der Waals surface area contributed by atoms with Gasteiger partial charge in [-0.25, -0.2) is 19.5 Å². The third-order valence-electron chi connectivity index (χ3n) is 4.71. The summed E-state index contributed by atoms with van der Waals surface area (Å²) >= 11 is 0. The van der Waals surface area contributed by atoms with Gasteiger partial charge in [-0.3, -0.25) is 4.98 Å². The lowest BCUT2D eigenvalue weighted by molar-refractivity contribution is -0.597. The van der Waals surface area contributed by atoms with Crippen LogP contribution in [0.2, 0.25) is 0 Å². The molecule has 0 atom stereocenters. The van der Waals surface area contributed by atoms with Crippen LogP contribution in [-0.4, -0.2) is 24.9 Å². The Morgan fingerprint density at radius 3 is 2.93 bits per heavy atom. The van der Waals surface area contributed by atoms with Crippen molar-refractivity contribution in [1.82, 2.24) is 24.9 Å². The summed E-state index contributed by atoms with van der Waals surface area (Å²) in [5, 5.41) is 2.07. The molecule has 27 heavy (non-hydrogen) atoms. The first kappa shape index (κ1) is 14.2. The molecule has 6 heterocycles. The van der Waals surface area contributed by atoms with Gasteiger partial charge in [0.2, 0.25) is 0 Å². The number of hydrogen-bond acceptors (Lipinski definition) is 4. The number of imidazole rings is 1. The van der Waals surface area contributed by atoms with E-state index in [1.54, 1.807) is 18.7 Å². The summed E-state index contributed by atoms with van der Waals surface area (Å²) in [6, 6.07) is 10.0. The molecule has 0 spiro atoms. The van der Waals surface area contributed by atoms with Gasteiger partial charge in [0.05, 0.1) is 30.4 Å². The van der Waals surface area contributed by atoms with Crippen molar-refractivity contribution in [2.75, 3.05) is 0 Å². The van der Waals surface area contributed by atoms with Crippen LogP contribution in [0.4, 0.5) is 0 Å². The number of fused-ring (bicyclic) bond motifs is 3. The lowest BCUT2D eigenvalue weighted by Gasteiger charge is -1.94. The summed E-state index contributed by atoms with van der Waals surface area (Å²) in [6.07, 6.45) is 11.0. The maximum atomic E-state index is 5.88. The zero-order valence-electron chi connectivity index (χ0n) is 14.0. The minimum Gasteiger partial charge on any atom is -0.453 e. The Morgan fingerprint density at radius 2 is 1.96 bits per heavy atom. The number of pyridine rings is 3. The summed E-state index contributed by atoms with van der Waals surface area (Å²) in [7, 11) is 0. The molecule has 0 saturated carbocycles. The lowest BCUT2D eigenvalue weighted by atomic mass is 10.2. The molecule has 6 aromatic rings. The van der Waals surface area contributed by atoms with Crippen molar-refractivity contribution < 1.29 is 8.98 Å². The van der Waals surface area contributed by atoms with E-state index < -0.39 is 0 Å². The number of nitrogens with one attached hydrogen (secondary N) is 2. The van der Waals surface area contributed by atoms with Crippen molar-refractivity contribution in [1.29, 1.82) is 0 Å². The summed E-state index contributed by atoms with van der Waals surface area (Å²) < 4.78 is 7.90. The van der Waals surface area contributed by atoms with Crippen molar-refractivity contribution in [3.8, 4) is 17.3 Å². The van der Waals surface area contributed by atoms with E-state index in [1.807, 2.05) is 47.4 Å². The van der Waals surface area contributed by atoms with Crippen molar-refractivity contribution in [2.24, 2.45) is 0 Å². The van der Waals surface area contributed by atoms with Gasteiger partial charge in [-0.2, -0.15) is 0 Å². The van der Waals surface area contributed by atoms with E-state index in [-0.39, 0.29) is 0 Å². The van der Waals surface area contributed by atoms with Crippen LogP contribution in [0.15, 0.2) is 72.1 Å². The Kier molecular flexibility index (Phi) is 2.76. The number of aromatic nitrogens is 6. The van der Waals surface area contributed by atoms with Gasteiger partial charge in [0.1, 0.15) is 17.4 Å². The molecule has 7 heteroatoms. The molecule has 128 valence electrons. The number of hydrogen-bond donors (Lipinski definition) is 2. The monoisotopic (exact) mass is 353 g/mol. The van der Waals surface area contributed by atoms with Gasteiger partial charge in [-0.1, -0.05) is 0 Å². The standard InChI is InChI=1S/C20H12N6O/c1-3-21-9-19-12(1)6-18(27-19)15-5-13-7-20(25-16(13)8-22-15)26-4-2-14-17(10-26)24-11-23-14/h1-11H,(H,21,22,25)/p+1. The third kappa shape index (κ3) is 2.22. The molecule has 0 saturated heterocycles.